The molecular weight excluding hydrogens is 408 g/mol. The number of hydrogen-bond acceptors (Lipinski definition) is 0. The minimum absolute atomic E-state index is 0. The number of benzene rings is 1. The molecule has 0 spiro atoms. The zero-order chi connectivity index (χ0) is 14.3. The van der Waals surface area contributed by atoms with Crippen molar-refractivity contribution < 1.29 is 48.0 Å². The van der Waals surface area contributed by atoms with Gasteiger partial charge >= 0.3 is 134 Å². The molecule has 0 bridgehead atoms. The Hall–Kier alpha value is -0.210. The predicted octanol–water partition coefficient (Wildman–Crippen LogP) is -4.54. The number of halogens is 2. The van der Waals surface area contributed by atoms with Gasteiger partial charge in [-0.1, -0.05) is 0 Å². The molecule has 0 radical (unpaired) electrons. The third-order valence-corrected chi connectivity index (χ3v) is 9.90. The van der Waals surface area contributed by atoms with Gasteiger partial charge < -0.3 is 24.8 Å². The molecule has 0 fully saturated rings. The molecule has 1 aliphatic carbocycles. The second-order valence-corrected chi connectivity index (χ2v) is 11.2. The summed E-state index contributed by atoms with van der Waals surface area (Å²) in [5, 5.41) is 4.60. The van der Waals surface area contributed by atoms with Crippen LogP contribution in [-0.2, 0) is 23.2 Å². The first kappa shape index (κ1) is 19.8. The summed E-state index contributed by atoms with van der Waals surface area (Å²) < 4.78 is 3.24. The summed E-state index contributed by atoms with van der Waals surface area (Å²) in [7, 11) is -0.399. The molecule has 1 nitrogen and oxygen atoms in total. The van der Waals surface area contributed by atoms with Crippen LogP contribution in [0.1, 0.15) is 11.1 Å². The molecule has 0 unspecified atom stereocenters. The third-order valence-electron chi connectivity index (χ3n) is 3.99. The van der Waals surface area contributed by atoms with Crippen LogP contribution in [0.5, 0.6) is 0 Å². The number of nitrogens with one attached hydrogen (secondary N) is 1. The fraction of sp³-hybridized carbons (Fsp3) is 0.235. The third kappa shape index (κ3) is 3.64. The number of aromatic amines is 1. The Morgan fingerprint density at radius 2 is 1.73 bits per heavy atom. The summed E-state index contributed by atoms with van der Waals surface area (Å²) in [5.41, 5.74) is 2.88. The SMILES string of the molecule is Cc1c[nH][c]([Zr+2][C]2=c3ccccc3=CC2=[Si](C)C)c1C.[Cl-].[Cl-]. The predicted molar refractivity (Wildman–Crippen MR) is 86.0 cm³/mol. The van der Waals surface area contributed by atoms with Gasteiger partial charge in [0, 0.05) is 0 Å². The van der Waals surface area contributed by atoms with Crippen LogP contribution in [-0.4, -0.2) is 18.6 Å². The van der Waals surface area contributed by atoms with Crippen LogP contribution >= 0.6 is 0 Å². The first-order chi connectivity index (χ1) is 9.58. The Kier molecular flexibility index (Phi) is 7.26. The molecule has 22 heavy (non-hydrogen) atoms. The van der Waals surface area contributed by atoms with Crippen molar-refractivity contribution in [2.45, 2.75) is 26.9 Å². The van der Waals surface area contributed by atoms with Gasteiger partial charge in [-0.3, -0.25) is 0 Å². The summed E-state index contributed by atoms with van der Waals surface area (Å²) in [6.07, 6.45) is 4.62. The second kappa shape index (κ2) is 8.06. The number of aromatic nitrogens is 1. The van der Waals surface area contributed by atoms with Crippen molar-refractivity contribution in [3.05, 3.63) is 52.0 Å². The van der Waals surface area contributed by atoms with E-state index in [9.17, 15) is 0 Å². The summed E-state index contributed by atoms with van der Waals surface area (Å²) in [6, 6.07) is 8.91. The van der Waals surface area contributed by atoms with E-state index in [0.29, 0.717) is 0 Å². The van der Waals surface area contributed by atoms with E-state index in [0.717, 1.165) is 0 Å². The standard InChI is InChI=1S/C11H11Si.C6H8N.2ClH.Zr/c1-12(2)11-7-9-5-3-4-6-10(9)8-11;1-5-3-7-4-6(5)2;;;/h3-7H,1-2H3;3,7H,1-2H3;2*1H;/q;;;;+2/p-2. The Balaban J connectivity index is 0.00000121. The van der Waals surface area contributed by atoms with Gasteiger partial charge in [0.1, 0.15) is 0 Å². The van der Waals surface area contributed by atoms with Crippen LogP contribution in [0.2, 0.25) is 13.1 Å². The van der Waals surface area contributed by atoms with E-state index in [4.69, 9.17) is 0 Å². The van der Waals surface area contributed by atoms with Gasteiger partial charge in [0.15, 0.2) is 0 Å². The largest absolute Gasteiger partial charge is 1.00 e. The molecule has 0 atom stereocenters. The average Bonchev–Trinajstić information content (AvgIpc) is 2.95. The maximum Gasteiger partial charge on any atom is -1.00 e. The molecule has 114 valence electrons. The van der Waals surface area contributed by atoms with Gasteiger partial charge in [0.25, 0.3) is 0 Å². The number of hydrogen-bond donors (Lipinski definition) is 1. The smallest absolute Gasteiger partial charge is 1.00 e. The average molecular weight is 428 g/mol. The summed E-state index contributed by atoms with van der Waals surface area (Å²) in [4.78, 5) is 3.53. The van der Waals surface area contributed by atoms with Crippen LogP contribution in [0.25, 0.3) is 9.36 Å². The Morgan fingerprint density at radius 3 is 2.32 bits per heavy atom. The maximum absolute atomic E-state index is 3.53. The minimum atomic E-state index is -0.748. The molecule has 5 heteroatoms. The fourth-order valence-electron chi connectivity index (χ4n) is 2.60. The topological polar surface area (TPSA) is 15.8 Å². The van der Waals surface area contributed by atoms with Gasteiger partial charge in [-0.05, 0) is 0 Å². The van der Waals surface area contributed by atoms with Gasteiger partial charge in [0.2, 0.25) is 0 Å². The number of rotatable bonds is 2. The summed E-state index contributed by atoms with van der Waals surface area (Å²) in [6.45, 7) is 9.29. The molecule has 3 rings (SSSR count). The number of H-pyrrole nitrogens is 1. The van der Waals surface area contributed by atoms with Gasteiger partial charge in [0.05, 0.1) is 0 Å². The van der Waals surface area contributed by atoms with Crippen molar-refractivity contribution >= 4 is 26.3 Å². The molecule has 1 aliphatic rings. The Bertz CT molecular complexity index is 833. The molecule has 1 aromatic carbocycles. The van der Waals surface area contributed by atoms with Crippen molar-refractivity contribution in [1.82, 2.24) is 4.98 Å². The number of aryl methyl sites for hydroxylation is 1. The molecule has 0 amide bonds. The monoisotopic (exact) mass is 425 g/mol. The van der Waals surface area contributed by atoms with Crippen molar-refractivity contribution in [2.24, 2.45) is 0 Å². The van der Waals surface area contributed by atoms with Crippen molar-refractivity contribution in [2.75, 3.05) is 0 Å². The van der Waals surface area contributed by atoms with Gasteiger partial charge in [-0.15, -0.1) is 0 Å². The molecule has 0 aliphatic heterocycles. The van der Waals surface area contributed by atoms with E-state index in [1.165, 1.54) is 25.0 Å². The van der Waals surface area contributed by atoms with Crippen LogP contribution in [0, 0.1) is 13.8 Å². The quantitative estimate of drug-likeness (QED) is 0.465. The summed E-state index contributed by atoms with van der Waals surface area (Å²) >= 11 is -0.748. The van der Waals surface area contributed by atoms with Gasteiger partial charge in [-0.2, -0.15) is 0 Å². The van der Waals surface area contributed by atoms with Crippen LogP contribution in [0.4, 0.5) is 0 Å². The fourth-order valence-corrected chi connectivity index (χ4v) is 9.21. The number of fused-ring (bicyclic) bond motifs is 1. The minimum Gasteiger partial charge on any atom is -1.00 e. The maximum atomic E-state index is 3.53. The molecule has 2 aromatic rings. The molecule has 1 aromatic heterocycles. The molecule has 0 saturated carbocycles. The van der Waals surface area contributed by atoms with E-state index >= 15 is 0 Å². The first-order valence-corrected chi connectivity index (χ1v) is 11.9. The van der Waals surface area contributed by atoms with Crippen molar-refractivity contribution in [3.8, 4) is 0 Å². The van der Waals surface area contributed by atoms with E-state index < -0.39 is 31.6 Å². The van der Waals surface area contributed by atoms with E-state index in [1.807, 2.05) is 0 Å². The normalized spacial score (nSPS) is 11.8. The Morgan fingerprint density at radius 1 is 1.05 bits per heavy atom. The van der Waals surface area contributed by atoms with Crippen LogP contribution in [0.15, 0.2) is 30.5 Å². The van der Waals surface area contributed by atoms with E-state index in [-0.39, 0.29) is 24.8 Å². The molecule has 0 saturated heterocycles. The first-order valence-electron chi connectivity index (χ1n) is 6.98. The van der Waals surface area contributed by atoms with Crippen molar-refractivity contribution in [1.29, 1.82) is 0 Å². The Labute approximate surface area is 157 Å². The van der Waals surface area contributed by atoms with Gasteiger partial charge in [-0.25, -0.2) is 0 Å². The van der Waals surface area contributed by atoms with E-state index in [1.54, 1.807) is 8.45 Å². The molecular formula is C17H19Cl2NSiZr. The molecule has 1 heterocycles. The molecule has 1 N–H and O–H groups in total. The zero-order valence-corrected chi connectivity index (χ0v) is 18.2. The van der Waals surface area contributed by atoms with Crippen molar-refractivity contribution in [3.63, 3.8) is 0 Å². The van der Waals surface area contributed by atoms with E-state index in [2.05, 4.69) is 68.5 Å². The second-order valence-electron chi connectivity index (χ2n) is 5.62. The van der Waals surface area contributed by atoms with Crippen LogP contribution in [0.3, 0.4) is 0 Å². The zero-order valence-electron chi connectivity index (χ0n) is 13.2. The summed E-state index contributed by atoms with van der Waals surface area (Å²) in [5.74, 6) is 0. The van der Waals surface area contributed by atoms with Crippen LogP contribution < -0.4 is 38.7 Å².